The Morgan fingerprint density at radius 1 is 1.05 bits per heavy atom. The lowest BCUT2D eigenvalue weighted by atomic mass is 9.50. The number of benzene rings is 2. The highest BCUT2D eigenvalue weighted by Gasteiger charge is 2.72. The molecular formula is C29H28N2O9. The second kappa shape index (κ2) is 9.47. The molecule has 2 aromatic carbocycles. The molecule has 5 rings (SSSR count). The lowest BCUT2D eigenvalue weighted by Crippen LogP contribution is -2.77. The first-order valence-corrected chi connectivity index (χ1v) is 12.6. The molecule has 0 saturated heterocycles. The maximum Gasteiger partial charge on any atom is 0.235 e. The molecule has 40 heavy (non-hydrogen) atoms. The smallest absolute Gasteiger partial charge is 0.235 e. The summed E-state index contributed by atoms with van der Waals surface area (Å²) in [5.41, 5.74) is 3.22. The fourth-order valence-electron chi connectivity index (χ4n) is 6.55. The van der Waals surface area contributed by atoms with Crippen molar-refractivity contribution in [1.29, 1.82) is 0 Å². The second-order valence-corrected chi connectivity index (χ2v) is 10.6. The number of likely N-dealkylation sites (N-methyl/N-ethyl adjacent to an activating group) is 1. The van der Waals surface area contributed by atoms with Crippen LogP contribution in [-0.4, -0.2) is 88.2 Å². The average Bonchev–Trinajstić information content (AvgIpc) is 2.90. The van der Waals surface area contributed by atoms with Crippen LogP contribution in [0.2, 0.25) is 0 Å². The van der Waals surface area contributed by atoms with E-state index in [9.17, 15) is 39.3 Å². The quantitative estimate of drug-likeness (QED) is 0.375. The standard InChI is InChI=1S/C29H28N2O9/c1-31(2)22-21-24(34)18-15(11-12-7-9-13(40-3)10-8-12)14-5-4-6-16(32)17(14)23(33)19(18)26(36)29(21,39)27(37)20(25(22)35)28(30)38/h4-11,18-22,24,32,34,39H,1-3H3,(H2,30,38)/b15-11+/t18-,19?,20?,21-,22+,24+,29+/m1/s1. The lowest BCUT2D eigenvalue weighted by Gasteiger charge is -2.55. The number of Topliss-reactive ketones (excluding diaryl/α,β-unsaturated/α-hetero) is 4. The van der Waals surface area contributed by atoms with Gasteiger partial charge < -0.3 is 25.8 Å². The predicted octanol–water partition coefficient (Wildman–Crippen LogP) is -0.155. The van der Waals surface area contributed by atoms with Gasteiger partial charge in [-0.1, -0.05) is 30.3 Å². The number of methoxy groups -OCH3 is 1. The van der Waals surface area contributed by atoms with Crippen molar-refractivity contribution >= 4 is 40.7 Å². The van der Waals surface area contributed by atoms with Crippen molar-refractivity contribution in [1.82, 2.24) is 4.90 Å². The van der Waals surface area contributed by atoms with E-state index in [1.54, 1.807) is 36.4 Å². The Labute approximate surface area is 228 Å². The van der Waals surface area contributed by atoms with Crippen molar-refractivity contribution in [2.24, 2.45) is 29.4 Å². The van der Waals surface area contributed by atoms with Gasteiger partial charge >= 0.3 is 0 Å². The molecule has 11 nitrogen and oxygen atoms in total. The van der Waals surface area contributed by atoms with Crippen LogP contribution in [0.1, 0.15) is 21.5 Å². The number of aliphatic hydroxyl groups is 2. The molecule has 7 atom stereocenters. The second-order valence-electron chi connectivity index (χ2n) is 10.6. The average molecular weight is 549 g/mol. The number of fused-ring (bicyclic) bond motifs is 3. The van der Waals surface area contributed by atoms with Crippen LogP contribution in [0.25, 0.3) is 11.6 Å². The maximum absolute atomic E-state index is 14.1. The van der Waals surface area contributed by atoms with Gasteiger partial charge in [0.15, 0.2) is 34.7 Å². The number of carbonyl (C=O) groups is 5. The number of primary amides is 1. The van der Waals surface area contributed by atoms with E-state index in [2.05, 4.69) is 0 Å². The third-order valence-corrected chi connectivity index (χ3v) is 8.31. The molecule has 5 N–H and O–H groups in total. The van der Waals surface area contributed by atoms with Crippen molar-refractivity contribution in [3.05, 3.63) is 59.2 Å². The Bertz CT molecular complexity index is 1500. The third-order valence-electron chi connectivity index (χ3n) is 8.31. The molecule has 1 amide bonds. The minimum Gasteiger partial charge on any atom is -0.507 e. The summed E-state index contributed by atoms with van der Waals surface area (Å²) in [5, 5.41) is 34.3. The zero-order valence-corrected chi connectivity index (χ0v) is 21.9. The first kappa shape index (κ1) is 27.4. The van der Waals surface area contributed by atoms with E-state index in [4.69, 9.17) is 10.5 Å². The number of ketones is 4. The van der Waals surface area contributed by atoms with Crippen LogP contribution in [0.3, 0.4) is 0 Å². The van der Waals surface area contributed by atoms with E-state index >= 15 is 0 Å². The number of aromatic hydroxyl groups is 1. The zero-order valence-electron chi connectivity index (χ0n) is 21.9. The van der Waals surface area contributed by atoms with Crippen LogP contribution in [-0.2, 0) is 19.2 Å². The van der Waals surface area contributed by atoms with E-state index in [0.29, 0.717) is 11.3 Å². The van der Waals surface area contributed by atoms with Gasteiger partial charge in [0.1, 0.15) is 11.5 Å². The van der Waals surface area contributed by atoms with Gasteiger partial charge in [0.25, 0.3) is 0 Å². The first-order chi connectivity index (χ1) is 18.9. The molecule has 0 spiro atoms. The molecule has 208 valence electrons. The zero-order chi connectivity index (χ0) is 29.3. The Balaban J connectivity index is 1.78. The number of hydrogen-bond donors (Lipinski definition) is 4. The van der Waals surface area contributed by atoms with E-state index in [0.717, 1.165) is 0 Å². The SMILES string of the molecule is COc1ccc(/C=C2\c3cccc(O)c3C(=O)C3C(=O)[C@]4(O)C(=O)C(C(N)=O)C(=O)[C@@H](N(C)C)[C@@H]4[C@@H](O)[C@H]23)cc1. The van der Waals surface area contributed by atoms with Gasteiger partial charge in [0.05, 0.1) is 36.7 Å². The highest BCUT2D eigenvalue weighted by molar-refractivity contribution is 6.33. The molecule has 3 aliphatic carbocycles. The number of aliphatic hydroxyl groups excluding tert-OH is 1. The van der Waals surface area contributed by atoms with Gasteiger partial charge in [-0.15, -0.1) is 0 Å². The van der Waals surface area contributed by atoms with Gasteiger partial charge in [-0.25, -0.2) is 0 Å². The lowest BCUT2D eigenvalue weighted by molar-refractivity contribution is -0.192. The van der Waals surface area contributed by atoms with Crippen LogP contribution in [0.15, 0.2) is 42.5 Å². The summed E-state index contributed by atoms with van der Waals surface area (Å²) >= 11 is 0. The number of phenolic OH excluding ortho intramolecular Hbond substituents is 1. The van der Waals surface area contributed by atoms with Crippen LogP contribution >= 0.6 is 0 Å². The van der Waals surface area contributed by atoms with Gasteiger partial charge in [0, 0.05) is 5.92 Å². The van der Waals surface area contributed by atoms with Crippen LogP contribution < -0.4 is 10.5 Å². The Morgan fingerprint density at radius 2 is 1.70 bits per heavy atom. The fraction of sp³-hybridized carbons (Fsp3) is 0.345. The molecular weight excluding hydrogens is 520 g/mol. The van der Waals surface area contributed by atoms with Crippen molar-refractivity contribution in [3.8, 4) is 11.5 Å². The van der Waals surface area contributed by atoms with Gasteiger partial charge in [-0.3, -0.25) is 28.9 Å². The Morgan fingerprint density at radius 3 is 2.27 bits per heavy atom. The molecule has 11 heteroatoms. The molecule has 0 aliphatic heterocycles. The van der Waals surface area contributed by atoms with Crippen molar-refractivity contribution in [2.45, 2.75) is 17.7 Å². The fourth-order valence-corrected chi connectivity index (χ4v) is 6.55. The third kappa shape index (κ3) is 3.65. The Hall–Kier alpha value is -4.19. The number of hydrogen-bond acceptors (Lipinski definition) is 10. The summed E-state index contributed by atoms with van der Waals surface area (Å²) in [7, 11) is 4.38. The van der Waals surface area contributed by atoms with Crippen molar-refractivity contribution in [2.75, 3.05) is 21.2 Å². The number of nitrogens with zero attached hydrogens (tertiary/aromatic N) is 1. The molecule has 3 aliphatic rings. The van der Waals surface area contributed by atoms with E-state index in [1.165, 1.54) is 38.2 Å². The van der Waals surface area contributed by atoms with Crippen LogP contribution in [0.4, 0.5) is 0 Å². The van der Waals surface area contributed by atoms with E-state index in [-0.39, 0.29) is 16.7 Å². The first-order valence-electron chi connectivity index (χ1n) is 12.6. The maximum atomic E-state index is 14.1. The van der Waals surface area contributed by atoms with E-state index in [1.807, 2.05) is 0 Å². The van der Waals surface area contributed by atoms with Crippen LogP contribution in [0.5, 0.6) is 11.5 Å². The summed E-state index contributed by atoms with van der Waals surface area (Å²) in [6, 6.07) is 9.66. The minimum absolute atomic E-state index is 0.207. The molecule has 0 heterocycles. The van der Waals surface area contributed by atoms with Gasteiger partial charge in [-0.05, 0) is 49.0 Å². The molecule has 2 fully saturated rings. The summed E-state index contributed by atoms with van der Waals surface area (Å²) in [6.45, 7) is 0. The number of rotatable bonds is 4. The number of ether oxygens (including phenoxy) is 1. The molecule has 0 radical (unpaired) electrons. The number of carbonyl (C=O) groups excluding carboxylic acids is 5. The summed E-state index contributed by atoms with van der Waals surface area (Å²) in [5.74, 6) is -12.7. The normalized spacial score (nSPS) is 32.5. The van der Waals surface area contributed by atoms with Crippen molar-refractivity contribution < 1.29 is 44.0 Å². The van der Waals surface area contributed by atoms with E-state index < -0.39 is 76.2 Å². The number of amides is 1. The number of phenols is 1. The molecule has 0 aromatic heterocycles. The molecule has 0 bridgehead atoms. The Kier molecular flexibility index (Phi) is 6.48. The van der Waals surface area contributed by atoms with Crippen molar-refractivity contribution in [3.63, 3.8) is 0 Å². The predicted molar refractivity (Wildman–Crippen MR) is 140 cm³/mol. The molecule has 2 unspecified atom stereocenters. The van der Waals surface area contributed by atoms with Gasteiger partial charge in [0.2, 0.25) is 5.91 Å². The highest BCUT2D eigenvalue weighted by atomic mass is 16.5. The topological polar surface area (TPSA) is 185 Å². The summed E-state index contributed by atoms with van der Waals surface area (Å²) < 4.78 is 5.20. The number of nitrogens with two attached hydrogens (primary N) is 1. The monoisotopic (exact) mass is 548 g/mol. The summed E-state index contributed by atoms with van der Waals surface area (Å²) in [6.07, 6.45) is -0.141. The molecule has 2 saturated carbocycles. The largest absolute Gasteiger partial charge is 0.507 e. The minimum atomic E-state index is -3.06. The molecule has 2 aromatic rings. The summed E-state index contributed by atoms with van der Waals surface area (Å²) in [4.78, 5) is 68.2. The van der Waals surface area contributed by atoms with Crippen LogP contribution in [0, 0.1) is 23.7 Å². The highest BCUT2D eigenvalue weighted by Crippen LogP contribution is 2.54. The van der Waals surface area contributed by atoms with Gasteiger partial charge in [-0.2, -0.15) is 0 Å².